The summed E-state index contributed by atoms with van der Waals surface area (Å²) in [7, 11) is 0. The van der Waals surface area contributed by atoms with Crippen LogP contribution in [-0.2, 0) is 17.9 Å². The van der Waals surface area contributed by atoms with Crippen molar-refractivity contribution < 1.29 is 9.59 Å². The van der Waals surface area contributed by atoms with Gasteiger partial charge in [0, 0.05) is 39.0 Å². The van der Waals surface area contributed by atoms with Gasteiger partial charge in [-0.1, -0.05) is 13.0 Å². The Hall–Kier alpha value is -2.70. The Kier molecular flexibility index (Phi) is 5.65. The lowest BCUT2D eigenvalue weighted by Crippen LogP contribution is -2.31. The summed E-state index contributed by atoms with van der Waals surface area (Å²) in [4.78, 5) is 30.3. The van der Waals surface area contributed by atoms with E-state index < -0.39 is 0 Å². The van der Waals surface area contributed by atoms with Crippen LogP contribution < -0.4 is 5.32 Å². The van der Waals surface area contributed by atoms with Gasteiger partial charge in [0.2, 0.25) is 5.91 Å². The van der Waals surface area contributed by atoms with Gasteiger partial charge in [-0.2, -0.15) is 5.10 Å². The van der Waals surface area contributed by atoms with E-state index in [0.717, 1.165) is 43.6 Å². The number of rotatable bonds is 6. The van der Waals surface area contributed by atoms with E-state index in [2.05, 4.69) is 22.3 Å². The number of aryl methyl sites for hydroxylation is 1. The van der Waals surface area contributed by atoms with Crippen molar-refractivity contribution in [3.05, 3.63) is 47.5 Å². The molecule has 1 saturated heterocycles. The maximum atomic E-state index is 12.9. The molecule has 1 aliphatic heterocycles. The van der Waals surface area contributed by atoms with Crippen LogP contribution >= 0.6 is 0 Å². The minimum Gasteiger partial charge on any atom is -0.352 e. The third-order valence-electron chi connectivity index (χ3n) is 4.56. The van der Waals surface area contributed by atoms with Crippen LogP contribution in [0, 0.1) is 0 Å². The molecule has 7 heteroatoms. The number of carbonyl (C=O) groups is 2. The van der Waals surface area contributed by atoms with Crippen LogP contribution in [0.2, 0.25) is 0 Å². The van der Waals surface area contributed by atoms with Crippen LogP contribution in [0.25, 0.3) is 0 Å². The highest BCUT2D eigenvalue weighted by Gasteiger charge is 2.32. The Bertz CT molecular complexity index is 768. The SMILES string of the molecule is CCCn1ccc(C(=O)N2CCC[C@@H]2c2ccc(CNC(C)=O)cn2)n1. The molecule has 0 spiro atoms. The van der Waals surface area contributed by atoms with Crippen molar-refractivity contribution >= 4 is 11.8 Å². The van der Waals surface area contributed by atoms with Gasteiger partial charge in [0.1, 0.15) is 5.69 Å². The number of hydrogen-bond donors (Lipinski definition) is 1. The zero-order chi connectivity index (χ0) is 18.5. The van der Waals surface area contributed by atoms with E-state index in [4.69, 9.17) is 0 Å². The zero-order valence-electron chi connectivity index (χ0n) is 15.3. The molecule has 7 nitrogen and oxygen atoms in total. The minimum absolute atomic E-state index is 0.0198. The van der Waals surface area contributed by atoms with E-state index in [0.29, 0.717) is 12.2 Å². The molecule has 1 atom stereocenters. The number of nitrogens with one attached hydrogen (secondary N) is 1. The largest absolute Gasteiger partial charge is 0.352 e. The molecule has 0 radical (unpaired) electrons. The standard InChI is InChI=1S/C19H25N5O2/c1-3-9-23-11-8-17(22-23)19(26)24-10-4-5-18(24)16-7-6-15(13-21-16)12-20-14(2)25/h6-8,11,13,18H,3-5,9-10,12H2,1-2H3,(H,20,25)/t18-/m1/s1. The maximum absolute atomic E-state index is 12.9. The molecule has 2 amide bonds. The average molecular weight is 355 g/mol. The van der Waals surface area contributed by atoms with Crippen LogP contribution in [0.15, 0.2) is 30.6 Å². The van der Waals surface area contributed by atoms with Crippen molar-refractivity contribution in [2.45, 2.75) is 52.2 Å². The molecule has 3 heterocycles. The third-order valence-corrected chi connectivity index (χ3v) is 4.56. The first-order valence-corrected chi connectivity index (χ1v) is 9.12. The van der Waals surface area contributed by atoms with E-state index in [9.17, 15) is 9.59 Å². The molecular formula is C19H25N5O2. The van der Waals surface area contributed by atoms with Crippen molar-refractivity contribution in [1.82, 2.24) is 25.0 Å². The van der Waals surface area contributed by atoms with Crippen LogP contribution in [0.3, 0.4) is 0 Å². The second-order valence-corrected chi connectivity index (χ2v) is 6.62. The quantitative estimate of drug-likeness (QED) is 0.862. The lowest BCUT2D eigenvalue weighted by atomic mass is 10.1. The highest BCUT2D eigenvalue weighted by molar-refractivity contribution is 5.92. The first kappa shape index (κ1) is 18.1. The van der Waals surface area contributed by atoms with Gasteiger partial charge in [0.15, 0.2) is 0 Å². The molecule has 26 heavy (non-hydrogen) atoms. The molecule has 2 aromatic heterocycles. The summed E-state index contributed by atoms with van der Waals surface area (Å²) in [6.07, 6.45) is 6.47. The number of aromatic nitrogens is 3. The first-order valence-electron chi connectivity index (χ1n) is 9.12. The summed E-state index contributed by atoms with van der Waals surface area (Å²) in [5.41, 5.74) is 2.32. The fraction of sp³-hybridized carbons (Fsp3) is 0.474. The maximum Gasteiger partial charge on any atom is 0.274 e. The van der Waals surface area contributed by atoms with Gasteiger partial charge in [0.25, 0.3) is 5.91 Å². The first-order chi connectivity index (χ1) is 12.6. The molecule has 3 rings (SSSR count). The van der Waals surface area contributed by atoms with Crippen LogP contribution in [0.5, 0.6) is 0 Å². The van der Waals surface area contributed by atoms with Gasteiger partial charge >= 0.3 is 0 Å². The van der Waals surface area contributed by atoms with Gasteiger partial charge in [-0.3, -0.25) is 19.3 Å². The van der Waals surface area contributed by atoms with Crippen molar-refractivity contribution in [2.24, 2.45) is 0 Å². The molecule has 1 N–H and O–H groups in total. The van der Waals surface area contributed by atoms with Crippen LogP contribution in [0.1, 0.15) is 60.9 Å². The van der Waals surface area contributed by atoms with E-state index >= 15 is 0 Å². The lowest BCUT2D eigenvalue weighted by Gasteiger charge is -2.23. The van der Waals surface area contributed by atoms with E-state index in [1.165, 1.54) is 6.92 Å². The summed E-state index contributed by atoms with van der Waals surface area (Å²) in [6, 6.07) is 5.67. The zero-order valence-corrected chi connectivity index (χ0v) is 15.3. The topological polar surface area (TPSA) is 80.1 Å². The van der Waals surface area contributed by atoms with Crippen molar-refractivity contribution in [2.75, 3.05) is 6.54 Å². The summed E-state index contributed by atoms with van der Waals surface area (Å²) < 4.78 is 1.81. The van der Waals surface area contributed by atoms with Crippen molar-refractivity contribution in [3.8, 4) is 0 Å². The molecular weight excluding hydrogens is 330 g/mol. The van der Waals surface area contributed by atoms with Gasteiger partial charge < -0.3 is 10.2 Å². The summed E-state index contributed by atoms with van der Waals surface area (Å²) >= 11 is 0. The van der Waals surface area contributed by atoms with E-state index in [1.807, 2.05) is 27.9 Å². The summed E-state index contributed by atoms with van der Waals surface area (Å²) in [5.74, 6) is -0.101. The number of carbonyl (C=O) groups excluding carboxylic acids is 2. The predicted molar refractivity (Wildman–Crippen MR) is 97.3 cm³/mol. The fourth-order valence-corrected chi connectivity index (χ4v) is 3.26. The molecule has 0 bridgehead atoms. The Labute approximate surface area is 153 Å². The lowest BCUT2D eigenvalue weighted by molar-refractivity contribution is -0.119. The highest BCUT2D eigenvalue weighted by Crippen LogP contribution is 2.31. The molecule has 2 aromatic rings. The van der Waals surface area contributed by atoms with Crippen molar-refractivity contribution in [1.29, 1.82) is 0 Å². The van der Waals surface area contributed by atoms with Gasteiger partial charge in [-0.25, -0.2) is 0 Å². The highest BCUT2D eigenvalue weighted by atomic mass is 16.2. The monoisotopic (exact) mass is 355 g/mol. The Balaban J connectivity index is 1.70. The van der Waals surface area contributed by atoms with Crippen LogP contribution in [0.4, 0.5) is 0 Å². The molecule has 0 unspecified atom stereocenters. The molecule has 0 aliphatic carbocycles. The number of amides is 2. The summed E-state index contributed by atoms with van der Waals surface area (Å²) in [6.45, 7) is 5.57. The Morgan fingerprint density at radius 3 is 2.85 bits per heavy atom. The smallest absolute Gasteiger partial charge is 0.274 e. The molecule has 0 aromatic carbocycles. The van der Waals surface area contributed by atoms with Crippen LogP contribution in [-0.4, -0.2) is 38.0 Å². The molecule has 0 saturated carbocycles. The number of nitrogens with zero attached hydrogens (tertiary/aromatic N) is 4. The fourth-order valence-electron chi connectivity index (χ4n) is 3.26. The predicted octanol–water partition coefficient (Wildman–Crippen LogP) is 2.30. The average Bonchev–Trinajstić information content (AvgIpc) is 3.30. The molecule has 1 aliphatic rings. The van der Waals surface area contributed by atoms with Crippen molar-refractivity contribution in [3.63, 3.8) is 0 Å². The van der Waals surface area contributed by atoms with Gasteiger partial charge in [0.05, 0.1) is 11.7 Å². The second kappa shape index (κ2) is 8.12. The third kappa shape index (κ3) is 4.09. The molecule has 1 fully saturated rings. The normalized spacial score (nSPS) is 16.7. The molecule has 138 valence electrons. The summed E-state index contributed by atoms with van der Waals surface area (Å²) in [5, 5.41) is 7.15. The second-order valence-electron chi connectivity index (χ2n) is 6.62. The van der Waals surface area contributed by atoms with Gasteiger partial charge in [-0.05, 0) is 37.0 Å². The minimum atomic E-state index is -0.0656. The van der Waals surface area contributed by atoms with E-state index in [-0.39, 0.29) is 17.9 Å². The van der Waals surface area contributed by atoms with Gasteiger partial charge in [-0.15, -0.1) is 0 Å². The Morgan fingerprint density at radius 2 is 2.15 bits per heavy atom. The number of likely N-dealkylation sites (tertiary alicyclic amines) is 1. The Morgan fingerprint density at radius 1 is 1.31 bits per heavy atom. The number of hydrogen-bond acceptors (Lipinski definition) is 4. The van der Waals surface area contributed by atoms with E-state index in [1.54, 1.807) is 12.3 Å². The number of pyridine rings is 1.